The molecule has 68 valence electrons. The van der Waals surface area contributed by atoms with E-state index in [0.29, 0.717) is 0 Å². The Balaban J connectivity index is 2.30. The van der Waals surface area contributed by atoms with Gasteiger partial charge in [0.1, 0.15) is 0 Å². The topological polar surface area (TPSA) is 0 Å². The Kier molecular flexibility index (Phi) is 3.10. The quantitative estimate of drug-likeness (QED) is 0.675. The molecule has 0 aliphatic carbocycles. The predicted molar refractivity (Wildman–Crippen MR) is 59.2 cm³/mol. The number of benzene rings is 1. The molecule has 1 heterocycles. The summed E-state index contributed by atoms with van der Waals surface area (Å²) >= 11 is 7.11. The van der Waals surface area contributed by atoms with Crippen molar-refractivity contribution in [2.75, 3.05) is 0 Å². The molecule has 2 rings (SSSR count). The van der Waals surface area contributed by atoms with Crippen LogP contribution in [0.3, 0.4) is 0 Å². The SMILES string of the molecule is Cl/C(=C1/CC[Se]C1)c1ccccc1. The molecular weight excluding hydrogens is 247 g/mol. The van der Waals surface area contributed by atoms with E-state index in [4.69, 9.17) is 11.6 Å². The molecular formula is C11H11ClSe. The normalized spacial score (nSPS) is 20.4. The fourth-order valence-corrected chi connectivity index (χ4v) is 4.14. The van der Waals surface area contributed by atoms with Crippen LogP contribution < -0.4 is 0 Å². The first-order valence-corrected chi connectivity index (χ1v) is 7.18. The predicted octanol–water partition coefficient (Wildman–Crippen LogP) is 3.58. The summed E-state index contributed by atoms with van der Waals surface area (Å²) in [6, 6.07) is 10.3. The molecule has 0 saturated carbocycles. The van der Waals surface area contributed by atoms with E-state index >= 15 is 0 Å². The van der Waals surface area contributed by atoms with E-state index in [1.165, 1.54) is 28.2 Å². The third kappa shape index (κ3) is 2.17. The van der Waals surface area contributed by atoms with Crippen LogP contribution >= 0.6 is 11.6 Å². The van der Waals surface area contributed by atoms with E-state index in [9.17, 15) is 0 Å². The third-order valence-corrected chi connectivity index (χ3v) is 4.84. The van der Waals surface area contributed by atoms with Gasteiger partial charge in [0.05, 0.1) is 0 Å². The fraction of sp³-hybridized carbons (Fsp3) is 0.273. The van der Waals surface area contributed by atoms with Gasteiger partial charge in [0, 0.05) is 0 Å². The summed E-state index contributed by atoms with van der Waals surface area (Å²) < 4.78 is 0. The second-order valence-corrected chi connectivity index (χ2v) is 5.78. The third-order valence-electron chi connectivity index (χ3n) is 2.16. The van der Waals surface area contributed by atoms with E-state index in [-0.39, 0.29) is 0 Å². The van der Waals surface area contributed by atoms with Crippen LogP contribution in [0, 0.1) is 0 Å². The van der Waals surface area contributed by atoms with Gasteiger partial charge in [-0.3, -0.25) is 0 Å². The van der Waals surface area contributed by atoms with E-state index < -0.39 is 0 Å². The van der Waals surface area contributed by atoms with Crippen molar-refractivity contribution in [3.05, 3.63) is 41.5 Å². The second-order valence-electron chi connectivity index (χ2n) is 3.09. The van der Waals surface area contributed by atoms with Gasteiger partial charge in [-0.2, -0.15) is 0 Å². The first kappa shape index (κ1) is 9.33. The van der Waals surface area contributed by atoms with Crippen LogP contribution in [0.5, 0.6) is 0 Å². The summed E-state index contributed by atoms with van der Waals surface area (Å²) in [5, 5.41) is 3.62. The van der Waals surface area contributed by atoms with Crippen molar-refractivity contribution in [3.63, 3.8) is 0 Å². The average molecular weight is 258 g/mol. The molecule has 0 bridgehead atoms. The Labute approximate surface area is 90.1 Å². The maximum absolute atomic E-state index is 6.30. The van der Waals surface area contributed by atoms with Crippen LogP contribution in [0.15, 0.2) is 35.9 Å². The van der Waals surface area contributed by atoms with Crippen LogP contribution in [-0.4, -0.2) is 15.0 Å². The molecule has 1 aromatic carbocycles. The number of halogens is 1. The summed E-state index contributed by atoms with van der Waals surface area (Å²) in [6.45, 7) is 0. The Morgan fingerprint density at radius 2 is 2.00 bits per heavy atom. The number of allylic oxidation sites excluding steroid dienone is 1. The van der Waals surface area contributed by atoms with Crippen molar-refractivity contribution >= 4 is 31.6 Å². The summed E-state index contributed by atoms with van der Waals surface area (Å²) in [6.07, 6.45) is 1.22. The summed E-state index contributed by atoms with van der Waals surface area (Å²) in [7, 11) is 0. The maximum atomic E-state index is 6.30. The molecule has 13 heavy (non-hydrogen) atoms. The van der Waals surface area contributed by atoms with Crippen molar-refractivity contribution in [1.29, 1.82) is 0 Å². The molecule has 0 nitrogen and oxygen atoms in total. The Morgan fingerprint density at radius 1 is 1.23 bits per heavy atom. The fourth-order valence-electron chi connectivity index (χ4n) is 1.42. The van der Waals surface area contributed by atoms with Crippen LogP contribution in [0.4, 0.5) is 0 Å². The van der Waals surface area contributed by atoms with E-state index in [1.54, 1.807) is 0 Å². The van der Waals surface area contributed by atoms with Gasteiger partial charge in [0.15, 0.2) is 0 Å². The molecule has 0 unspecified atom stereocenters. The van der Waals surface area contributed by atoms with Crippen LogP contribution in [-0.2, 0) is 0 Å². The van der Waals surface area contributed by atoms with Crippen LogP contribution in [0.25, 0.3) is 5.03 Å². The van der Waals surface area contributed by atoms with Gasteiger partial charge >= 0.3 is 90.1 Å². The van der Waals surface area contributed by atoms with Gasteiger partial charge in [-0.15, -0.1) is 0 Å². The molecule has 1 saturated heterocycles. The minimum absolute atomic E-state index is 0.810. The molecule has 0 aromatic heterocycles. The van der Waals surface area contributed by atoms with Gasteiger partial charge in [0.25, 0.3) is 0 Å². The first-order valence-electron chi connectivity index (χ1n) is 4.38. The van der Waals surface area contributed by atoms with Gasteiger partial charge in [-0.05, 0) is 0 Å². The molecule has 0 radical (unpaired) electrons. The van der Waals surface area contributed by atoms with Gasteiger partial charge in [-0.1, -0.05) is 0 Å². The molecule has 0 atom stereocenters. The van der Waals surface area contributed by atoms with Crippen molar-refractivity contribution in [2.24, 2.45) is 0 Å². The van der Waals surface area contributed by atoms with E-state index in [0.717, 1.165) is 20.0 Å². The molecule has 0 N–H and O–H groups in total. The van der Waals surface area contributed by atoms with Gasteiger partial charge < -0.3 is 0 Å². The Morgan fingerprint density at radius 3 is 2.62 bits per heavy atom. The van der Waals surface area contributed by atoms with Crippen molar-refractivity contribution in [2.45, 2.75) is 17.1 Å². The second kappa shape index (κ2) is 4.32. The Bertz CT molecular complexity index is 308. The van der Waals surface area contributed by atoms with Crippen LogP contribution in [0.2, 0.25) is 10.6 Å². The van der Waals surface area contributed by atoms with Crippen molar-refractivity contribution in [1.82, 2.24) is 0 Å². The molecule has 0 amide bonds. The van der Waals surface area contributed by atoms with Crippen molar-refractivity contribution < 1.29 is 0 Å². The monoisotopic (exact) mass is 258 g/mol. The van der Waals surface area contributed by atoms with Gasteiger partial charge in [-0.25, -0.2) is 0 Å². The minimum atomic E-state index is 0.810. The summed E-state index contributed by atoms with van der Waals surface area (Å²) in [5.41, 5.74) is 2.64. The number of hydrogen-bond acceptors (Lipinski definition) is 0. The van der Waals surface area contributed by atoms with Crippen molar-refractivity contribution in [3.8, 4) is 0 Å². The molecule has 1 aromatic rings. The Hall–Kier alpha value is -0.231. The standard InChI is InChI=1S/C11H11ClSe/c12-11(10-6-7-13-8-10)9-4-2-1-3-5-9/h1-5H,6-8H2/b11-10-. The summed E-state index contributed by atoms with van der Waals surface area (Å²) in [5.74, 6) is 0. The van der Waals surface area contributed by atoms with E-state index in [1.807, 2.05) is 18.2 Å². The molecule has 1 fully saturated rings. The van der Waals surface area contributed by atoms with Crippen LogP contribution in [0.1, 0.15) is 12.0 Å². The zero-order chi connectivity index (χ0) is 9.10. The molecule has 1 aliphatic rings. The zero-order valence-corrected chi connectivity index (χ0v) is 9.76. The van der Waals surface area contributed by atoms with Gasteiger partial charge in [0.2, 0.25) is 0 Å². The average Bonchev–Trinajstić information content (AvgIpc) is 2.71. The number of rotatable bonds is 1. The first-order chi connectivity index (χ1) is 6.38. The van der Waals surface area contributed by atoms with E-state index in [2.05, 4.69) is 12.1 Å². The molecule has 1 aliphatic heterocycles. The number of hydrogen-bond donors (Lipinski definition) is 0. The summed E-state index contributed by atoms with van der Waals surface area (Å²) in [4.78, 5) is 0. The molecule has 2 heteroatoms. The molecule has 0 spiro atoms. The zero-order valence-electron chi connectivity index (χ0n) is 7.29.